The maximum Gasteiger partial charge on any atom is 0.100 e. The summed E-state index contributed by atoms with van der Waals surface area (Å²) < 4.78 is 2.38. The molecular weight excluding hydrogens is 438 g/mol. The van der Waals surface area contributed by atoms with Crippen LogP contribution < -0.4 is 0 Å². The van der Waals surface area contributed by atoms with Crippen molar-refractivity contribution in [1.82, 2.24) is 0 Å². The van der Waals surface area contributed by atoms with Crippen LogP contribution in [-0.2, 0) is 0 Å². The lowest BCUT2D eigenvalue weighted by atomic mass is 10.3. The van der Waals surface area contributed by atoms with Crippen LogP contribution in [0, 0.1) is 7.14 Å². The molecule has 84 valence electrons. The summed E-state index contributed by atoms with van der Waals surface area (Å²) in [5, 5.41) is 0. The molecular formula is C13H8I2N2. The highest BCUT2D eigenvalue weighted by Crippen LogP contribution is 2.15. The minimum atomic E-state index is 0.861. The molecule has 0 aliphatic carbocycles. The van der Waals surface area contributed by atoms with Crippen LogP contribution in [0.25, 0.3) is 0 Å². The minimum Gasteiger partial charge on any atom is -0.188 e. The van der Waals surface area contributed by atoms with Crippen LogP contribution >= 0.6 is 45.2 Å². The van der Waals surface area contributed by atoms with E-state index < -0.39 is 0 Å². The minimum absolute atomic E-state index is 0.861. The van der Waals surface area contributed by atoms with Crippen LogP contribution in [0.4, 0.5) is 11.4 Å². The molecule has 2 rings (SSSR count). The van der Waals surface area contributed by atoms with Crippen LogP contribution in [0.2, 0.25) is 0 Å². The van der Waals surface area contributed by atoms with Gasteiger partial charge in [0, 0.05) is 7.14 Å². The fourth-order valence-corrected chi connectivity index (χ4v) is 1.89. The highest BCUT2D eigenvalue weighted by molar-refractivity contribution is 14.1. The van der Waals surface area contributed by atoms with Crippen molar-refractivity contribution in [1.29, 1.82) is 0 Å². The molecule has 0 saturated carbocycles. The number of benzene rings is 2. The van der Waals surface area contributed by atoms with Gasteiger partial charge >= 0.3 is 0 Å². The van der Waals surface area contributed by atoms with Gasteiger partial charge in [0.1, 0.15) is 6.01 Å². The summed E-state index contributed by atoms with van der Waals surface area (Å²) in [4.78, 5) is 8.29. The summed E-state index contributed by atoms with van der Waals surface area (Å²) in [5.74, 6) is 0. The van der Waals surface area contributed by atoms with E-state index >= 15 is 0 Å². The third-order valence-corrected chi connectivity index (χ3v) is 3.45. The van der Waals surface area contributed by atoms with Crippen molar-refractivity contribution in [2.24, 2.45) is 9.98 Å². The number of hydrogen-bond donors (Lipinski definition) is 0. The smallest absolute Gasteiger partial charge is 0.100 e. The molecule has 2 nitrogen and oxygen atoms in total. The largest absolute Gasteiger partial charge is 0.188 e. The van der Waals surface area contributed by atoms with Crippen LogP contribution in [0.5, 0.6) is 0 Å². The van der Waals surface area contributed by atoms with Crippen LogP contribution in [0.3, 0.4) is 0 Å². The first-order chi connectivity index (χ1) is 8.24. The van der Waals surface area contributed by atoms with Crippen LogP contribution in [0.1, 0.15) is 0 Å². The molecule has 0 spiro atoms. The van der Waals surface area contributed by atoms with Crippen LogP contribution in [-0.4, -0.2) is 6.01 Å². The zero-order valence-electron chi connectivity index (χ0n) is 8.77. The van der Waals surface area contributed by atoms with Crippen molar-refractivity contribution in [2.45, 2.75) is 0 Å². The van der Waals surface area contributed by atoms with Gasteiger partial charge in [-0.15, -0.1) is 0 Å². The Morgan fingerprint density at radius 1 is 0.647 bits per heavy atom. The van der Waals surface area contributed by atoms with Crippen molar-refractivity contribution in [3.05, 3.63) is 55.7 Å². The maximum atomic E-state index is 4.14. The second kappa shape index (κ2) is 6.28. The predicted octanol–water partition coefficient (Wildman–Crippen LogP) is 5.03. The zero-order valence-corrected chi connectivity index (χ0v) is 13.1. The number of halogens is 2. The third kappa shape index (κ3) is 4.22. The van der Waals surface area contributed by atoms with E-state index in [4.69, 9.17) is 0 Å². The molecule has 0 aromatic heterocycles. The SMILES string of the molecule is Ic1ccc(N=C=Nc2ccc(I)cc2)cc1. The van der Waals surface area contributed by atoms with E-state index in [9.17, 15) is 0 Å². The highest BCUT2D eigenvalue weighted by Gasteiger charge is 1.88. The number of nitrogens with zero attached hydrogens (tertiary/aromatic N) is 2. The average Bonchev–Trinajstić information content (AvgIpc) is 2.34. The second-order valence-corrected chi connectivity index (χ2v) is 5.77. The van der Waals surface area contributed by atoms with Crippen molar-refractivity contribution < 1.29 is 0 Å². The van der Waals surface area contributed by atoms with Crippen molar-refractivity contribution in [3.8, 4) is 0 Å². The molecule has 0 aliphatic rings. The summed E-state index contributed by atoms with van der Waals surface area (Å²) in [6, 6.07) is 18.5. The third-order valence-electron chi connectivity index (χ3n) is 2.01. The number of aliphatic imine (C=N–C) groups is 2. The standard InChI is InChI=1S/C13H8I2N2/c14-10-1-5-12(6-2-10)16-9-17-13-7-3-11(15)4-8-13/h1-8H. The van der Waals surface area contributed by atoms with Gasteiger partial charge in [-0.05, 0) is 93.7 Å². The Hall–Kier alpha value is -0.720. The molecule has 0 atom stereocenters. The van der Waals surface area contributed by atoms with Crippen LogP contribution in [0.15, 0.2) is 58.5 Å². The average molecular weight is 446 g/mol. The molecule has 0 aliphatic heterocycles. The van der Waals surface area contributed by atoms with Gasteiger partial charge in [-0.3, -0.25) is 0 Å². The Labute approximate surface area is 127 Å². The first kappa shape index (κ1) is 12.7. The number of hydrogen-bond acceptors (Lipinski definition) is 2. The fraction of sp³-hybridized carbons (Fsp3) is 0. The Balaban J connectivity index is 2.14. The fourth-order valence-electron chi connectivity index (χ4n) is 1.17. The first-order valence-electron chi connectivity index (χ1n) is 4.92. The van der Waals surface area contributed by atoms with Gasteiger partial charge in [-0.1, -0.05) is 0 Å². The Kier molecular flexibility index (Phi) is 4.70. The van der Waals surface area contributed by atoms with Gasteiger partial charge in [0.25, 0.3) is 0 Å². The van der Waals surface area contributed by atoms with Gasteiger partial charge in [0.2, 0.25) is 0 Å². The molecule has 0 bridgehead atoms. The quantitative estimate of drug-likeness (QED) is 0.457. The first-order valence-corrected chi connectivity index (χ1v) is 7.07. The molecule has 4 heteroatoms. The lowest BCUT2D eigenvalue weighted by Crippen LogP contribution is -1.69. The molecule has 0 N–H and O–H groups in total. The summed E-state index contributed by atoms with van der Waals surface area (Å²) in [7, 11) is 0. The molecule has 17 heavy (non-hydrogen) atoms. The molecule has 0 radical (unpaired) electrons. The van der Waals surface area contributed by atoms with Crippen molar-refractivity contribution >= 4 is 62.6 Å². The zero-order chi connectivity index (χ0) is 12.1. The summed E-state index contributed by atoms with van der Waals surface area (Å²) >= 11 is 4.52. The molecule has 2 aromatic rings. The maximum absolute atomic E-state index is 4.14. The molecule has 0 saturated heterocycles. The monoisotopic (exact) mass is 446 g/mol. The molecule has 0 amide bonds. The Morgan fingerprint density at radius 2 is 1.00 bits per heavy atom. The summed E-state index contributed by atoms with van der Waals surface area (Å²) in [6.07, 6.45) is 0. The van der Waals surface area contributed by atoms with Gasteiger partial charge in [0.05, 0.1) is 11.4 Å². The van der Waals surface area contributed by atoms with Crippen molar-refractivity contribution in [2.75, 3.05) is 0 Å². The molecule has 0 heterocycles. The van der Waals surface area contributed by atoms with Crippen molar-refractivity contribution in [3.63, 3.8) is 0 Å². The topological polar surface area (TPSA) is 24.7 Å². The van der Waals surface area contributed by atoms with E-state index in [0.29, 0.717) is 0 Å². The summed E-state index contributed by atoms with van der Waals surface area (Å²) in [5.41, 5.74) is 1.72. The van der Waals surface area contributed by atoms with E-state index in [1.165, 1.54) is 7.14 Å². The Morgan fingerprint density at radius 3 is 1.35 bits per heavy atom. The van der Waals surface area contributed by atoms with Gasteiger partial charge in [0.15, 0.2) is 0 Å². The molecule has 2 aromatic carbocycles. The normalized spacial score (nSPS) is 9.53. The predicted molar refractivity (Wildman–Crippen MR) is 87.5 cm³/mol. The Bertz CT molecular complexity index is 503. The van der Waals surface area contributed by atoms with E-state index in [1.54, 1.807) is 0 Å². The van der Waals surface area contributed by atoms with Gasteiger partial charge in [-0.25, -0.2) is 0 Å². The summed E-state index contributed by atoms with van der Waals surface area (Å²) in [6.45, 7) is 0. The van der Waals surface area contributed by atoms with Gasteiger partial charge in [-0.2, -0.15) is 9.98 Å². The molecule has 0 unspecified atom stereocenters. The second-order valence-electron chi connectivity index (χ2n) is 3.28. The lowest BCUT2D eigenvalue weighted by Gasteiger charge is -1.91. The molecule has 0 fully saturated rings. The lowest BCUT2D eigenvalue weighted by molar-refractivity contribution is 1.48. The van der Waals surface area contributed by atoms with E-state index in [1.807, 2.05) is 48.5 Å². The number of rotatable bonds is 2. The van der Waals surface area contributed by atoms with E-state index in [0.717, 1.165) is 11.4 Å². The van der Waals surface area contributed by atoms with Gasteiger partial charge < -0.3 is 0 Å². The highest BCUT2D eigenvalue weighted by atomic mass is 127. The van der Waals surface area contributed by atoms with E-state index in [-0.39, 0.29) is 0 Å². The van der Waals surface area contributed by atoms with E-state index in [2.05, 4.69) is 61.2 Å².